The molecule has 7 nitrogen and oxygen atoms in total. The third-order valence-corrected chi connectivity index (χ3v) is 5.65. The molecule has 2 aromatic rings. The number of carbonyl (C=O) groups is 1. The zero-order chi connectivity index (χ0) is 18.6. The summed E-state index contributed by atoms with van der Waals surface area (Å²) >= 11 is 0. The summed E-state index contributed by atoms with van der Waals surface area (Å²) < 4.78 is 1.89. The van der Waals surface area contributed by atoms with Crippen molar-refractivity contribution in [2.24, 2.45) is 5.92 Å². The summed E-state index contributed by atoms with van der Waals surface area (Å²) in [5.74, 6) is 1.17. The van der Waals surface area contributed by atoms with Crippen molar-refractivity contribution in [2.45, 2.75) is 45.1 Å². The smallest absolute Gasteiger partial charge is 0.216 e. The Morgan fingerprint density at radius 1 is 1.26 bits per heavy atom. The monoisotopic (exact) mass is 368 g/mol. The second-order valence-electron chi connectivity index (χ2n) is 7.72. The zero-order valence-electron chi connectivity index (χ0n) is 16.0. The summed E-state index contributed by atoms with van der Waals surface area (Å²) in [5.41, 5.74) is 2.79. The van der Waals surface area contributed by atoms with E-state index >= 15 is 0 Å². The Kier molecular flexibility index (Phi) is 5.48. The highest BCUT2D eigenvalue weighted by molar-refractivity contribution is 5.74. The largest absolute Gasteiger partial charge is 0.354 e. The van der Waals surface area contributed by atoms with Crippen molar-refractivity contribution in [1.29, 1.82) is 0 Å². The molecule has 0 bridgehead atoms. The second-order valence-corrected chi connectivity index (χ2v) is 7.72. The van der Waals surface area contributed by atoms with Crippen molar-refractivity contribution in [1.82, 2.24) is 30.0 Å². The molecule has 27 heavy (non-hydrogen) atoms. The van der Waals surface area contributed by atoms with Crippen LogP contribution in [-0.2, 0) is 11.3 Å². The van der Waals surface area contributed by atoms with Crippen molar-refractivity contribution >= 4 is 17.1 Å². The number of rotatable bonds is 6. The molecule has 2 atom stereocenters. The number of fused-ring (bicyclic) bond motifs is 1. The Hall–Kier alpha value is -2.28. The topological polar surface area (TPSA) is 75.9 Å². The Bertz CT molecular complexity index is 829. The number of hydrogen-bond acceptors (Lipinski definition) is 5. The van der Waals surface area contributed by atoms with Crippen LogP contribution in [0.15, 0.2) is 24.5 Å². The maximum atomic E-state index is 11.1. The van der Waals surface area contributed by atoms with Crippen LogP contribution in [0.5, 0.6) is 0 Å². The van der Waals surface area contributed by atoms with Crippen molar-refractivity contribution in [3.05, 3.63) is 30.2 Å². The average Bonchev–Trinajstić information content (AvgIpc) is 3.27. The van der Waals surface area contributed by atoms with Crippen LogP contribution in [0.1, 0.15) is 44.2 Å². The van der Waals surface area contributed by atoms with E-state index < -0.39 is 0 Å². The number of nitrogens with one attached hydrogen (secondary N) is 1. The van der Waals surface area contributed by atoms with Gasteiger partial charge in [-0.15, -0.1) is 0 Å². The van der Waals surface area contributed by atoms with Gasteiger partial charge in [-0.3, -0.25) is 4.79 Å². The van der Waals surface area contributed by atoms with Crippen molar-refractivity contribution in [2.75, 3.05) is 26.2 Å². The normalized spacial score (nSPS) is 23.1. The second kappa shape index (κ2) is 8.17. The third-order valence-electron chi connectivity index (χ3n) is 5.65. The summed E-state index contributed by atoms with van der Waals surface area (Å²) in [4.78, 5) is 22.8. The highest BCUT2D eigenvalue weighted by Gasteiger charge is 2.30. The number of carbonyl (C=O) groups excluding carboxylic acids is 1. The minimum Gasteiger partial charge on any atom is -0.354 e. The van der Waals surface area contributed by atoms with E-state index in [9.17, 15) is 4.79 Å². The van der Waals surface area contributed by atoms with Gasteiger partial charge < -0.3 is 10.2 Å². The first-order valence-electron chi connectivity index (χ1n) is 10.00. The molecule has 0 unspecified atom stereocenters. The predicted octanol–water partition coefficient (Wildman–Crippen LogP) is 2.11. The average molecular weight is 368 g/mol. The molecule has 1 aliphatic carbocycles. The summed E-state index contributed by atoms with van der Waals surface area (Å²) in [6.07, 6.45) is 13.0. The number of hydrogen-bond donors (Lipinski definition) is 1. The molecule has 1 saturated heterocycles. The van der Waals surface area contributed by atoms with Gasteiger partial charge in [0.2, 0.25) is 5.91 Å². The summed E-state index contributed by atoms with van der Waals surface area (Å²) in [6.45, 7) is 6.06. The van der Waals surface area contributed by atoms with E-state index in [-0.39, 0.29) is 5.91 Å². The Labute approximate surface area is 159 Å². The standard InChI is InChI=1S/C20H28N6O/c1-15(27)21-10-12-26-20-19(22-8-9-23-20)18(24-26)17-7-11-25(14-17)13-16-5-3-2-4-6-16/h2-3,8-9,16-17H,4-7,10-14H2,1H3,(H,21,27)/t16-,17-/m1/s1. The van der Waals surface area contributed by atoms with Gasteiger partial charge in [0, 0.05) is 44.9 Å². The Balaban J connectivity index is 1.46. The van der Waals surface area contributed by atoms with Gasteiger partial charge in [-0.05, 0) is 38.1 Å². The molecule has 1 fully saturated rings. The summed E-state index contributed by atoms with van der Waals surface area (Å²) in [7, 11) is 0. The molecule has 2 aromatic heterocycles. The maximum Gasteiger partial charge on any atom is 0.216 e. The molecule has 1 amide bonds. The van der Waals surface area contributed by atoms with E-state index in [4.69, 9.17) is 5.10 Å². The van der Waals surface area contributed by atoms with Gasteiger partial charge in [0.05, 0.1) is 12.2 Å². The van der Waals surface area contributed by atoms with Gasteiger partial charge in [-0.1, -0.05) is 12.2 Å². The maximum absolute atomic E-state index is 11.1. The molecule has 0 radical (unpaired) electrons. The van der Waals surface area contributed by atoms with Gasteiger partial charge in [0.25, 0.3) is 0 Å². The number of amides is 1. The first kappa shape index (κ1) is 18.1. The lowest BCUT2D eigenvalue weighted by atomic mass is 9.94. The lowest BCUT2D eigenvalue weighted by molar-refractivity contribution is -0.118. The van der Waals surface area contributed by atoms with E-state index in [1.165, 1.54) is 32.7 Å². The van der Waals surface area contributed by atoms with Gasteiger partial charge in [-0.25, -0.2) is 14.6 Å². The molecule has 4 rings (SSSR count). The van der Waals surface area contributed by atoms with Gasteiger partial charge >= 0.3 is 0 Å². The van der Waals surface area contributed by atoms with Gasteiger partial charge in [-0.2, -0.15) is 5.10 Å². The Morgan fingerprint density at radius 2 is 2.15 bits per heavy atom. The fourth-order valence-electron chi connectivity index (χ4n) is 4.30. The summed E-state index contributed by atoms with van der Waals surface area (Å²) in [6, 6.07) is 0. The molecule has 1 N–H and O–H groups in total. The number of likely N-dealkylation sites (tertiary alicyclic amines) is 1. The van der Waals surface area contributed by atoms with E-state index in [1.54, 1.807) is 12.4 Å². The molecule has 1 aliphatic heterocycles. The lowest BCUT2D eigenvalue weighted by Crippen LogP contribution is -2.28. The minimum atomic E-state index is -0.0261. The van der Waals surface area contributed by atoms with Gasteiger partial charge in [0.15, 0.2) is 5.65 Å². The number of nitrogens with zero attached hydrogens (tertiary/aromatic N) is 5. The lowest BCUT2D eigenvalue weighted by Gasteiger charge is -2.24. The molecule has 0 spiro atoms. The van der Waals surface area contributed by atoms with Crippen LogP contribution in [0.2, 0.25) is 0 Å². The van der Waals surface area contributed by atoms with Crippen molar-refractivity contribution in [3.63, 3.8) is 0 Å². The minimum absolute atomic E-state index is 0.0261. The predicted molar refractivity (Wildman–Crippen MR) is 104 cm³/mol. The van der Waals surface area contributed by atoms with Crippen LogP contribution in [0, 0.1) is 5.92 Å². The molecule has 3 heterocycles. The molecule has 144 valence electrons. The quantitative estimate of drug-likeness (QED) is 0.791. The van der Waals surface area contributed by atoms with E-state index in [0.717, 1.165) is 42.3 Å². The molecule has 0 aromatic carbocycles. The molecule has 2 aliphatic rings. The van der Waals surface area contributed by atoms with Crippen molar-refractivity contribution < 1.29 is 4.79 Å². The van der Waals surface area contributed by atoms with E-state index in [2.05, 4.69) is 32.3 Å². The van der Waals surface area contributed by atoms with Crippen molar-refractivity contribution in [3.8, 4) is 0 Å². The van der Waals surface area contributed by atoms with Crippen LogP contribution in [0.25, 0.3) is 11.2 Å². The third kappa shape index (κ3) is 4.18. The van der Waals surface area contributed by atoms with Crippen LogP contribution in [-0.4, -0.2) is 56.7 Å². The SMILES string of the molecule is CC(=O)NCCn1nc([C@@H]2CCN(C[C@@H]3CC=CCC3)C2)c2nccnc21. The van der Waals surface area contributed by atoms with Crippen LogP contribution in [0.3, 0.4) is 0 Å². The molecular formula is C20H28N6O. The van der Waals surface area contributed by atoms with Gasteiger partial charge in [0.1, 0.15) is 5.52 Å². The molecule has 7 heteroatoms. The first-order chi connectivity index (χ1) is 13.2. The first-order valence-corrected chi connectivity index (χ1v) is 10.00. The Morgan fingerprint density at radius 3 is 2.96 bits per heavy atom. The van der Waals surface area contributed by atoms with E-state index in [0.29, 0.717) is 19.0 Å². The van der Waals surface area contributed by atoms with Crippen LogP contribution >= 0.6 is 0 Å². The fourth-order valence-corrected chi connectivity index (χ4v) is 4.30. The molecule has 0 saturated carbocycles. The molecular weight excluding hydrogens is 340 g/mol. The van der Waals surface area contributed by atoms with E-state index in [1.807, 2.05) is 4.68 Å². The summed E-state index contributed by atoms with van der Waals surface area (Å²) in [5, 5.41) is 7.68. The fraction of sp³-hybridized carbons (Fsp3) is 0.600. The van der Waals surface area contributed by atoms with Crippen LogP contribution in [0.4, 0.5) is 0 Å². The van der Waals surface area contributed by atoms with Crippen LogP contribution < -0.4 is 5.32 Å². The number of allylic oxidation sites excluding steroid dienone is 2. The number of aromatic nitrogens is 4. The zero-order valence-corrected chi connectivity index (χ0v) is 16.0. The highest BCUT2D eigenvalue weighted by atomic mass is 16.1. The highest BCUT2D eigenvalue weighted by Crippen LogP contribution is 2.31.